The fourth-order valence-electron chi connectivity index (χ4n) is 2.77. The van der Waals surface area contributed by atoms with Crippen LogP contribution in [0.1, 0.15) is 51.9 Å². The van der Waals surface area contributed by atoms with Crippen LogP contribution in [0, 0.1) is 5.92 Å². The number of Topliss-reactive ketones (excluding diaryl/α,β-unsaturated/α-hetero) is 1. The van der Waals surface area contributed by atoms with E-state index in [-0.39, 0.29) is 6.04 Å². The minimum absolute atomic E-state index is 0.225. The predicted molar refractivity (Wildman–Crippen MR) is 61.8 cm³/mol. The van der Waals surface area contributed by atoms with Crippen LogP contribution in [0.2, 0.25) is 0 Å². The minimum atomic E-state index is 0.225. The number of rotatable bonds is 3. The maximum Gasteiger partial charge on any atom is 0.149 e. The lowest BCUT2D eigenvalue weighted by atomic mass is 10.0. The van der Waals surface area contributed by atoms with Crippen molar-refractivity contribution < 1.29 is 4.79 Å². The lowest BCUT2D eigenvalue weighted by molar-refractivity contribution is -0.124. The summed E-state index contributed by atoms with van der Waals surface area (Å²) < 4.78 is 0. The lowest BCUT2D eigenvalue weighted by Gasteiger charge is -2.31. The number of nitrogens with zero attached hydrogens (tertiary/aromatic N) is 1. The third kappa shape index (κ3) is 2.60. The highest BCUT2D eigenvalue weighted by molar-refractivity contribution is 5.84. The molecule has 0 saturated heterocycles. The van der Waals surface area contributed by atoms with E-state index in [9.17, 15) is 4.79 Å². The van der Waals surface area contributed by atoms with Gasteiger partial charge in [-0.15, -0.1) is 0 Å². The van der Waals surface area contributed by atoms with Crippen LogP contribution in [0.4, 0.5) is 0 Å². The Morgan fingerprint density at radius 1 is 1.20 bits per heavy atom. The Bertz CT molecular complexity index is 235. The Balaban J connectivity index is 1.96. The van der Waals surface area contributed by atoms with Crippen LogP contribution in [-0.4, -0.2) is 29.8 Å². The molecule has 0 aromatic heterocycles. The van der Waals surface area contributed by atoms with Crippen LogP contribution in [-0.2, 0) is 4.79 Å². The zero-order valence-electron chi connectivity index (χ0n) is 10.0. The van der Waals surface area contributed by atoms with Crippen molar-refractivity contribution in [2.24, 2.45) is 5.92 Å². The molecule has 2 fully saturated rings. The molecular weight excluding hydrogens is 186 g/mol. The fourth-order valence-corrected chi connectivity index (χ4v) is 2.77. The molecule has 0 heterocycles. The first-order chi connectivity index (χ1) is 7.20. The molecule has 86 valence electrons. The second-order valence-corrected chi connectivity index (χ2v) is 5.32. The summed E-state index contributed by atoms with van der Waals surface area (Å²) in [6.07, 6.45) is 8.23. The van der Waals surface area contributed by atoms with Crippen molar-refractivity contribution in [3.63, 3.8) is 0 Å². The first kappa shape index (κ1) is 11.1. The molecule has 2 nitrogen and oxygen atoms in total. The van der Waals surface area contributed by atoms with Crippen LogP contribution in [0.3, 0.4) is 0 Å². The van der Waals surface area contributed by atoms with Gasteiger partial charge in [-0.25, -0.2) is 0 Å². The van der Waals surface area contributed by atoms with Crippen LogP contribution in [0.25, 0.3) is 0 Å². The van der Waals surface area contributed by atoms with Gasteiger partial charge in [0, 0.05) is 12.5 Å². The van der Waals surface area contributed by atoms with Crippen LogP contribution >= 0.6 is 0 Å². The molecule has 0 aliphatic heterocycles. The Labute approximate surface area is 93.0 Å². The van der Waals surface area contributed by atoms with E-state index in [1.54, 1.807) is 0 Å². The van der Waals surface area contributed by atoms with Crippen molar-refractivity contribution in [3.8, 4) is 0 Å². The quantitative estimate of drug-likeness (QED) is 0.666. The first-order valence-corrected chi connectivity index (χ1v) is 6.45. The van der Waals surface area contributed by atoms with Gasteiger partial charge in [0.15, 0.2) is 0 Å². The molecule has 2 saturated carbocycles. The summed E-state index contributed by atoms with van der Waals surface area (Å²) in [5.41, 5.74) is 0. The third-order valence-corrected chi connectivity index (χ3v) is 4.21. The highest BCUT2D eigenvalue weighted by atomic mass is 16.1. The number of likely N-dealkylation sites (N-methyl/N-ethyl adjacent to an activating group) is 1. The average molecular weight is 209 g/mol. The normalized spacial score (nSPS) is 30.3. The number of ketones is 1. The molecule has 0 aromatic rings. The van der Waals surface area contributed by atoms with Crippen molar-refractivity contribution in [2.75, 3.05) is 7.05 Å². The molecule has 0 radical (unpaired) electrons. The Morgan fingerprint density at radius 3 is 2.60 bits per heavy atom. The van der Waals surface area contributed by atoms with E-state index in [4.69, 9.17) is 0 Å². The predicted octanol–water partition coefficient (Wildman–Crippen LogP) is 2.62. The zero-order valence-corrected chi connectivity index (χ0v) is 10.0. The van der Waals surface area contributed by atoms with Crippen LogP contribution in [0.15, 0.2) is 0 Å². The molecule has 2 heteroatoms. The molecule has 2 atom stereocenters. The summed E-state index contributed by atoms with van der Waals surface area (Å²) in [5.74, 6) is 1.36. The van der Waals surface area contributed by atoms with Crippen molar-refractivity contribution in [3.05, 3.63) is 0 Å². The molecule has 2 rings (SSSR count). The van der Waals surface area contributed by atoms with Crippen molar-refractivity contribution in [1.82, 2.24) is 4.90 Å². The zero-order chi connectivity index (χ0) is 10.8. The van der Waals surface area contributed by atoms with Gasteiger partial charge >= 0.3 is 0 Å². The molecule has 2 unspecified atom stereocenters. The highest BCUT2D eigenvalue weighted by Gasteiger charge is 2.35. The van der Waals surface area contributed by atoms with Gasteiger partial charge in [0.1, 0.15) is 5.78 Å². The number of carbonyl (C=O) groups excluding carboxylic acids is 1. The highest BCUT2D eigenvalue weighted by Crippen LogP contribution is 2.36. The second kappa shape index (κ2) is 4.65. The topological polar surface area (TPSA) is 20.3 Å². The Kier molecular flexibility index (Phi) is 3.45. The van der Waals surface area contributed by atoms with Crippen LogP contribution in [0.5, 0.6) is 0 Å². The number of carbonyl (C=O) groups is 1. The van der Waals surface area contributed by atoms with E-state index in [2.05, 4.69) is 18.9 Å². The van der Waals surface area contributed by atoms with Crippen LogP contribution < -0.4 is 0 Å². The largest absolute Gasteiger partial charge is 0.298 e. The van der Waals surface area contributed by atoms with Gasteiger partial charge in [-0.05, 0) is 45.6 Å². The van der Waals surface area contributed by atoms with Gasteiger partial charge in [0.25, 0.3) is 0 Å². The Hall–Kier alpha value is -0.370. The summed E-state index contributed by atoms with van der Waals surface area (Å²) in [7, 11) is 2.15. The maximum absolute atomic E-state index is 12.0. The maximum atomic E-state index is 12.0. The standard InChI is InChI=1S/C13H23NO/c1-10(11-8-9-11)14(2)12-6-4-3-5-7-13(12)15/h10-12H,3-9H2,1-2H3. The molecule has 2 aliphatic carbocycles. The molecule has 0 aromatic carbocycles. The Morgan fingerprint density at radius 2 is 1.93 bits per heavy atom. The fraction of sp³-hybridized carbons (Fsp3) is 0.923. The van der Waals surface area contributed by atoms with E-state index < -0.39 is 0 Å². The summed E-state index contributed by atoms with van der Waals surface area (Å²) >= 11 is 0. The summed E-state index contributed by atoms with van der Waals surface area (Å²) in [5, 5.41) is 0. The molecule has 0 spiro atoms. The first-order valence-electron chi connectivity index (χ1n) is 6.45. The SMILES string of the molecule is CC(C1CC1)N(C)C1CCCCCC1=O. The number of hydrogen-bond donors (Lipinski definition) is 0. The number of hydrogen-bond acceptors (Lipinski definition) is 2. The van der Waals surface area contributed by atoms with Gasteiger partial charge < -0.3 is 0 Å². The van der Waals surface area contributed by atoms with E-state index in [0.29, 0.717) is 11.8 Å². The lowest BCUT2D eigenvalue weighted by Crippen LogP contribution is -2.44. The van der Waals surface area contributed by atoms with Gasteiger partial charge in [-0.1, -0.05) is 12.8 Å². The van der Waals surface area contributed by atoms with Gasteiger partial charge in [0.2, 0.25) is 0 Å². The van der Waals surface area contributed by atoms with E-state index in [0.717, 1.165) is 25.2 Å². The average Bonchev–Trinajstić information content (AvgIpc) is 3.02. The van der Waals surface area contributed by atoms with Crippen molar-refractivity contribution in [2.45, 2.75) is 64.0 Å². The van der Waals surface area contributed by atoms with Gasteiger partial charge in [-0.3, -0.25) is 9.69 Å². The van der Waals surface area contributed by atoms with E-state index in [1.165, 1.54) is 25.7 Å². The molecule has 0 N–H and O–H groups in total. The second-order valence-electron chi connectivity index (χ2n) is 5.32. The summed E-state index contributed by atoms with van der Waals surface area (Å²) in [4.78, 5) is 14.3. The summed E-state index contributed by atoms with van der Waals surface area (Å²) in [6.45, 7) is 2.29. The van der Waals surface area contributed by atoms with E-state index >= 15 is 0 Å². The van der Waals surface area contributed by atoms with Crippen molar-refractivity contribution in [1.29, 1.82) is 0 Å². The molecule has 15 heavy (non-hydrogen) atoms. The van der Waals surface area contributed by atoms with Gasteiger partial charge in [-0.2, -0.15) is 0 Å². The summed E-state index contributed by atoms with van der Waals surface area (Å²) in [6, 6.07) is 0.833. The molecule has 0 bridgehead atoms. The third-order valence-electron chi connectivity index (χ3n) is 4.21. The molecule has 2 aliphatic rings. The molecular formula is C13H23NO. The van der Waals surface area contributed by atoms with Gasteiger partial charge in [0.05, 0.1) is 6.04 Å². The van der Waals surface area contributed by atoms with E-state index in [1.807, 2.05) is 0 Å². The monoisotopic (exact) mass is 209 g/mol. The van der Waals surface area contributed by atoms with Crippen molar-refractivity contribution >= 4 is 5.78 Å². The molecule has 0 amide bonds. The smallest absolute Gasteiger partial charge is 0.149 e. The minimum Gasteiger partial charge on any atom is -0.298 e.